The highest BCUT2D eigenvalue weighted by molar-refractivity contribution is 5.67. The molecule has 0 bridgehead atoms. The third-order valence-electron chi connectivity index (χ3n) is 3.72. The first-order valence-corrected chi connectivity index (χ1v) is 6.07. The SMILES string of the molecule is CC(CC(=O)O)N1CCN(C2CNC2)CC1. The molecule has 16 heavy (non-hydrogen) atoms. The van der Waals surface area contributed by atoms with E-state index in [0.29, 0.717) is 0 Å². The summed E-state index contributed by atoms with van der Waals surface area (Å²) in [5.74, 6) is -0.696. The van der Waals surface area contributed by atoms with Crippen LogP contribution in [-0.4, -0.2) is 72.2 Å². The predicted molar refractivity (Wildman–Crippen MR) is 61.5 cm³/mol. The number of nitrogens with zero attached hydrogens (tertiary/aromatic N) is 2. The van der Waals surface area contributed by atoms with Gasteiger partial charge in [-0.15, -0.1) is 0 Å². The molecule has 2 aliphatic rings. The Morgan fingerprint density at radius 2 is 2.00 bits per heavy atom. The van der Waals surface area contributed by atoms with Crippen LogP contribution >= 0.6 is 0 Å². The molecule has 2 N–H and O–H groups in total. The zero-order valence-corrected chi connectivity index (χ0v) is 9.85. The van der Waals surface area contributed by atoms with Crippen molar-refractivity contribution in [3.63, 3.8) is 0 Å². The van der Waals surface area contributed by atoms with Gasteiger partial charge < -0.3 is 10.4 Å². The molecule has 2 fully saturated rings. The monoisotopic (exact) mass is 227 g/mol. The summed E-state index contributed by atoms with van der Waals surface area (Å²) in [6, 6.07) is 0.885. The number of aliphatic carboxylic acids is 1. The summed E-state index contributed by atoms with van der Waals surface area (Å²) in [6.07, 6.45) is 0.255. The summed E-state index contributed by atoms with van der Waals surface area (Å²) in [4.78, 5) is 15.4. The average molecular weight is 227 g/mol. The second-order valence-corrected chi connectivity index (χ2v) is 4.83. The molecule has 2 saturated heterocycles. The van der Waals surface area contributed by atoms with E-state index in [1.165, 1.54) is 0 Å². The van der Waals surface area contributed by atoms with Crippen LogP contribution in [-0.2, 0) is 4.79 Å². The van der Waals surface area contributed by atoms with Crippen LogP contribution in [0.3, 0.4) is 0 Å². The molecule has 5 heteroatoms. The Morgan fingerprint density at radius 3 is 2.44 bits per heavy atom. The molecule has 0 spiro atoms. The Kier molecular flexibility index (Phi) is 3.78. The number of hydrogen-bond donors (Lipinski definition) is 2. The molecule has 2 heterocycles. The number of hydrogen-bond acceptors (Lipinski definition) is 4. The van der Waals surface area contributed by atoms with Gasteiger partial charge in [0, 0.05) is 51.4 Å². The van der Waals surface area contributed by atoms with Gasteiger partial charge in [-0.3, -0.25) is 14.6 Å². The van der Waals surface area contributed by atoms with Crippen LogP contribution in [0, 0.1) is 0 Å². The van der Waals surface area contributed by atoms with Crippen LogP contribution < -0.4 is 5.32 Å². The minimum atomic E-state index is -0.696. The van der Waals surface area contributed by atoms with Crippen LogP contribution in [0.1, 0.15) is 13.3 Å². The van der Waals surface area contributed by atoms with E-state index in [0.717, 1.165) is 45.3 Å². The maximum absolute atomic E-state index is 10.6. The van der Waals surface area contributed by atoms with Crippen molar-refractivity contribution in [1.29, 1.82) is 0 Å². The zero-order chi connectivity index (χ0) is 11.5. The molecule has 1 atom stereocenters. The van der Waals surface area contributed by atoms with Gasteiger partial charge in [-0.2, -0.15) is 0 Å². The van der Waals surface area contributed by atoms with Crippen molar-refractivity contribution >= 4 is 5.97 Å². The first-order valence-electron chi connectivity index (χ1n) is 6.07. The molecule has 0 radical (unpaired) electrons. The lowest BCUT2D eigenvalue weighted by molar-refractivity contribution is -0.138. The van der Waals surface area contributed by atoms with Crippen LogP contribution in [0.25, 0.3) is 0 Å². The third-order valence-corrected chi connectivity index (χ3v) is 3.72. The van der Waals surface area contributed by atoms with Crippen LogP contribution in [0.5, 0.6) is 0 Å². The van der Waals surface area contributed by atoms with Crippen LogP contribution in [0.2, 0.25) is 0 Å². The van der Waals surface area contributed by atoms with E-state index >= 15 is 0 Å². The van der Waals surface area contributed by atoms with E-state index < -0.39 is 5.97 Å². The van der Waals surface area contributed by atoms with Gasteiger partial charge in [-0.1, -0.05) is 0 Å². The molecule has 0 aromatic carbocycles. The highest BCUT2D eigenvalue weighted by Gasteiger charge is 2.29. The molecular formula is C11H21N3O2. The van der Waals surface area contributed by atoms with Crippen molar-refractivity contribution in [3.8, 4) is 0 Å². The lowest BCUT2D eigenvalue weighted by Gasteiger charge is -2.44. The van der Waals surface area contributed by atoms with Crippen LogP contribution in [0.4, 0.5) is 0 Å². The first-order chi connectivity index (χ1) is 7.66. The van der Waals surface area contributed by atoms with E-state index in [2.05, 4.69) is 15.1 Å². The molecule has 2 aliphatic heterocycles. The summed E-state index contributed by atoms with van der Waals surface area (Å²) >= 11 is 0. The van der Waals surface area contributed by atoms with E-state index in [1.807, 2.05) is 6.92 Å². The lowest BCUT2D eigenvalue weighted by atomic mass is 10.1. The highest BCUT2D eigenvalue weighted by atomic mass is 16.4. The number of piperazine rings is 1. The van der Waals surface area contributed by atoms with Crippen molar-refractivity contribution in [3.05, 3.63) is 0 Å². The quantitative estimate of drug-likeness (QED) is 0.674. The minimum Gasteiger partial charge on any atom is -0.481 e. The Labute approximate surface area is 96.4 Å². The minimum absolute atomic E-state index is 0.166. The molecule has 92 valence electrons. The third kappa shape index (κ3) is 2.72. The summed E-state index contributed by atoms with van der Waals surface area (Å²) in [6.45, 7) is 8.41. The Hall–Kier alpha value is -0.650. The molecule has 0 amide bonds. The largest absolute Gasteiger partial charge is 0.481 e. The van der Waals surface area contributed by atoms with E-state index in [-0.39, 0.29) is 12.5 Å². The number of carbonyl (C=O) groups is 1. The second kappa shape index (κ2) is 5.12. The van der Waals surface area contributed by atoms with Gasteiger partial charge >= 0.3 is 5.97 Å². The molecular weight excluding hydrogens is 206 g/mol. The fourth-order valence-electron chi connectivity index (χ4n) is 2.46. The van der Waals surface area contributed by atoms with Gasteiger partial charge in [0.1, 0.15) is 0 Å². The maximum atomic E-state index is 10.6. The zero-order valence-electron chi connectivity index (χ0n) is 9.85. The predicted octanol–water partition coefficient (Wildman–Crippen LogP) is -0.561. The molecule has 0 aromatic rings. The summed E-state index contributed by atoms with van der Waals surface area (Å²) in [5, 5.41) is 12.0. The highest BCUT2D eigenvalue weighted by Crippen LogP contribution is 2.13. The van der Waals surface area contributed by atoms with Crippen LogP contribution in [0.15, 0.2) is 0 Å². The van der Waals surface area contributed by atoms with Crippen molar-refractivity contribution < 1.29 is 9.90 Å². The van der Waals surface area contributed by atoms with Gasteiger partial charge in [0.25, 0.3) is 0 Å². The molecule has 0 aromatic heterocycles. The van der Waals surface area contributed by atoms with Gasteiger partial charge in [0.05, 0.1) is 6.42 Å². The van der Waals surface area contributed by atoms with Crippen molar-refractivity contribution in [2.24, 2.45) is 0 Å². The summed E-state index contributed by atoms with van der Waals surface area (Å²) < 4.78 is 0. The summed E-state index contributed by atoms with van der Waals surface area (Å²) in [5.41, 5.74) is 0. The standard InChI is InChI=1S/C11H21N3O2/c1-9(6-11(15)16)13-2-4-14(5-3-13)10-7-12-8-10/h9-10,12H,2-8H2,1H3,(H,15,16). The average Bonchev–Trinajstić information content (AvgIpc) is 2.15. The number of carboxylic acids is 1. The fraction of sp³-hybridized carbons (Fsp3) is 0.909. The Bertz CT molecular complexity index is 248. The molecule has 1 unspecified atom stereocenters. The number of nitrogens with one attached hydrogen (secondary N) is 1. The fourth-order valence-corrected chi connectivity index (χ4v) is 2.46. The Morgan fingerprint density at radius 1 is 1.38 bits per heavy atom. The second-order valence-electron chi connectivity index (χ2n) is 4.83. The van der Waals surface area contributed by atoms with Crippen molar-refractivity contribution in [2.45, 2.75) is 25.4 Å². The topological polar surface area (TPSA) is 55.8 Å². The smallest absolute Gasteiger partial charge is 0.304 e. The number of carboxylic acid groups (broad SMARTS) is 1. The van der Waals surface area contributed by atoms with Crippen molar-refractivity contribution in [2.75, 3.05) is 39.3 Å². The van der Waals surface area contributed by atoms with E-state index in [1.54, 1.807) is 0 Å². The molecule has 0 aliphatic carbocycles. The Balaban J connectivity index is 1.73. The van der Waals surface area contributed by atoms with Gasteiger partial charge in [0.2, 0.25) is 0 Å². The van der Waals surface area contributed by atoms with E-state index in [9.17, 15) is 4.79 Å². The maximum Gasteiger partial charge on any atom is 0.304 e. The normalized spacial score (nSPS) is 26.3. The molecule has 0 saturated carbocycles. The van der Waals surface area contributed by atoms with Gasteiger partial charge in [0.15, 0.2) is 0 Å². The van der Waals surface area contributed by atoms with Gasteiger partial charge in [-0.25, -0.2) is 0 Å². The van der Waals surface area contributed by atoms with Gasteiger partial charge in [-0.05, 0) is 6.92 Å². The summed E-state index contributed by atoms with van der Waals surface area (Å²) in [7, 11) is 0. The van der Waals surface area contributed by atoms with E-state index in [4.69, 9.17) is 5.11 Å². The molecule has 5 nitrogen and oxygen atoms in total. The lowest BCUT2D eigenvalue weighted by Crippen LogP contribution is -2.62. The number of rotatable bonds is 4. The van der Waals surface area contributed by atoms with Crippen molar-refractivity contribution in [1.82, 2.24) is 15.1 Å². The first kappa shape index (κ1) is 11.8. The molecule has 2 rings (SSSR count).